The van der Waals surface area contributed by atoms with E-state index < -0.39 is 0 Å². The lowest BCUT2D eigenvalue weighted by atomic mass is 9.88. The van der Waals surface area contributed by atoms with E-state index in [9.17, 15) is 0 Å². The molecular weight excluding hydrogens is 500 g/mol. The first-order valence-electron chi connectivity index (χ1n) is 14.7. The van der Waals surface area contributed by atoms with Crippen molar-refractivity contribution in [2.45, 2.75) is 52.9 Å². The van der Waals surface area contributed by atoms with Crippen molar-refractivity contribution in [3.05, 3.63) is 119 Å². The molecule has 0 N–H and O–H groups in total. The maximum absolute atomic E-state index is 5.31. The summed E-state index contributed by atoms with van der Waals surface area (Å²) in [6.45, 7) is 11.5. The number of nitrogens with zero attached hydrogens (tertiary/aromatic N) is 4. The number of aromatic nitrogens is 4. The first-order valence-corrected chi connectivity index (χ1v) is 14.7. The van der Waals surface area contributed by atoms with Gasteiger partial charge in [-0.05, 0) is 65.3 Å². The lowest BCUT2D eigenvalue weighted by Gasteiger charge is -2.20. The summed E-state index contributed by atoms with van der Waals surface area (Å²) < 4.78 is 7.05. The molecule has 0 unspecified atom stereocenters. The molecular formula is C37H37N4+. The molecule has 41 heavy (non-hydrogen) atoms. The molecule has 0 atom stereocenters. The second-order valence-electron chi connectivity index (χ2n) is 12.1. The zero-order chi connectivity index (χ0) is 28.4. The SMILES string of the molecule is Cc1ccc2c(nc3n2-c2ccccc2C3)c1-c1n(-c2c(C(C)C)cc(-c3ccccc3)cc2C(C)C)cc[n+]1C. The average Bonchev–Trinajstić information content (AvgIpc) is 3.64. The highest BCUT2D eigenvalue weighted by atomic mass is 15.2. The van der Waals surface area contributed by atoms with Gasteiger partial charge in [-0.3, -0.25) is 4.57 Å². The standard InChI is InChI=1S/C37H37N4/c1-23(2)29-20-28(26-12-8-7-9-13-26)21-30(24(3)4)36(29)40-19-18-39(6)37(40)34-25(5)16-17-32-35(34)38-33-22-27-14-10-11-15-31(27)41(32)33/h7-21,23-24H,22H2,1-6H3/q+1. The fourth-order valence-corrected chi connectivity index (χ4v) is 6.60. The Labute approximate surface area is 242 Å². The zero-order valence-electron chi connectivity index (χ0n) is 24.8. The van der Waals surface area contributed by atoms with Crippen molar-refractivity contribution in [2.75, 3.05) is 0 Å². The van der Waals surface area contributed by atoms with Crippen LogP contribution in [-0.4, -0.2) is 14.1 Å². The van der Waals surface area contributed by atoms with Crippen LogP contribution in [0.15, 0.2) is 91.3 Å². The molecule has 1 aliphatic rings. The Morgan fingerprint density at radius 3 is 2.20 bits per heavy atom. The number of fused-ring (bicyclic) bond motifs is 5. The summed E-state index contributed by atoms with van der Waals surface area (Å²) in [6, 6.07) is 28.8. The van der Waals surface area contributed by atoms with Crippen LogP contribution in [0.1, 0.15) is 67.6 Å². The van der Waals surface area contributed by atoms with Gasteiger partial charge in [-0.1, -0.05) is 82.3 Å². The predicted molar refractivity (Wildman–Crippen MR) is 168 cm³/mol. The normalized spacial score (nSPS) is 12.5. The first-order chi connectivity index (χ1) is 19.8. The summed E-state index contributed by atoms with van der Waals surface area (Å²) in [5.74, 6) is 2.99. The maximum atomic E-state index is 5.31. The molecule has 6 aromatic rings. The van der Waals surface area contributed by atoms with Gasteiger partial charge in [-0.2, -0.15) is 4.57 Å². The van der Waals surface area contributed by atoms with Gasteiger partial charge in [0.05, 0.1) is 23.8 Å². The highest BCUT2D eigenvalue weighted by molar-refractivity contribution is 5.94. The van der Waals surface area contributed by atoms with Gasteiger partial charge in [0.2, 0.25) is 0 Å². The van der Waals surface area contributed by atoms with Crippen molar-refractivity contribution in [2.24, 2.45) is 7.05 Å². The molecule has 4 aromatic carbocycles. The Bertz CT molecular complexity index is 1910. The number of rotatable bonds is 5. The molecule has 0 fully saturated rings. The van der Waals surface area contributed by atoms with Crippen molar-refractivity contribution in [3.8, 4) is 33.9 Å². The topological polar surface area (TPSA) is 26.6 Å². The number of aryl methyl sites for hydroxylation is 2. The lowest BCUT2D eigenvalue weighted by molar-refractivity contribution is -0.659. The zero-order valence-corrected chi connectivity index (χ0v) is 24.8. The smallest absolute Gasteiger partial charge is 0.296 e. The monoisotopic (exact) mass is 537 g/mol. The van der Waals surface area contributed by atoms with Crippen LogP contribution in [0.2, 0.25) is 0 Å². The van der Waals surface area contributed by atoms with Crippen LogP contribution in [-0.2, 0) is 13.5 Å². The van der Waals surface area contributed by atoms with Crippen molar-refractivity contribution < 1.29 is 4.57 Å². The van der Waals surface area contributed by atoms with Crippen LogP contribution >= 0.6 is 0 Å². The number of imidazole rings is 2. The summed E-state index contributed by atoms with van der Waals surface area (Å²) >= 11 is 0. The minimum Gasteiger partial charge on any atom is -0.296 e. The molecule has 0 bridgehead atoms. The van der Waals surface area contributed by atoms with Crippen molar-refractivity contribution in [3.63, 3.8) is 0 Å². The molecule has 0 saturated heterocycles. The van der Waals surface area contributed by atoms with E-state index in [1.54, 1.807) is 0 Å². The van der Waals surface area contributed by atoms with E-state index in [0.717, 1.165) is 23.6 Å². The second-order valence-corrected chi connectivity index (χ2v) is 12.1. The molecule has 7 rings (SSSR count). The molecule has 3 heterocycles. The third-order valence-corrected chi connectivity index (χ3v) is 8.67. The minimum atomic E-state index is 0.358. The lowest BCUT2D eigenvalue weighted by Crippen LogP contribution is -2.29. The van der Waals surface area contributed by atoms with Gasteiger partial charge in [0, 0.05) is 17.5 Å². The minimum absolute atomic E-state index is 0.358. The quantitative estimate of drug-likeness (QED) is 0.202. The van der Waals surface area contributed by atoms with Gasteiger partial charge in [-0.25, -0.2) is 9.55 Å². The summed E-state index contributed by atoms with van der Waals surface area (Å²) in [5, 5.41) is 0. The van der Waals surface area contributed by atoms with Gasteiger partial charge in [0.15, 0.2) is 0 Å². The van der Waals surface area contributed by atoms with Crippen LogP contribution in [0.5, 0.6) is 0 Å². The Kier molecular flexibility index (Phi) is 5.97. The maximum Gasteiger partial charge on any atom is 0.296 e. The summed E-state index contributed by atoms with van der Waals surface area (Å²) in [6.07, 6.45) is 5.29. The average molecular weight is 538 g/mol. The van der Waals surface area contributed by atoms with Crippen LogP contribution < -0.4 is 4.57 Å². The van der Waals surface area contributed by atoms with Gasteiger partial charge in [-0.15, -0.1) is 0 Å². The first kappa shape index (κ1) is 25.5. The Morgan fingerprint density at radius 2 is 1.49 bits per heavy atom. The summed E-state index contributed by atoms with van der Waals surface area (Å²) in [4.78, 5) is 5.31. The highest BCUT2D eigenvalue weighted by Gasteiger charge is 2.31. The molecule has 0 saturated carbocycles. The van der Waals surface area contributed by atoms with E-state index in [-0.39, 0.29) is 0 Å². The second kappa shape index (κ2) is 9.59. The van der Waals surface area contributed by atoms with Crippen molar-refractivity contribution in [1.29, 1.82) is 0 Å². The third-order valence-electron chi connectivity index (χ3n) is 8.67. The van der Waals surface area contributed by atoms with Gasteiger partial charge >= 0.3 is 0 Å². The van der Waals surface area contributed by atoms with Crippen LogP contribution in [0.25, 0.3) is 44.9 Å². The fraction of sp³-hybridized carbons (Fsp3) is 0.243. The molecule has 1 aliphatic heterocycles. The molecule has 4 nitrogen and oxygen atoms in total. The van der Waals surface area contributed by atoms with Gasteiger partial charge in [0.1, 0.15) is 29.4 Å². The van der Waals surface area contributed by atoms with Crippen LogP contribution in [0.3, 0.4) is 0 Å². The summed E-state index contributed by atoms with van der Waals surface area (Å²) in [5.41, 5.74) is 13.8. The Hall–Kier alpha value is -4.44. The predicted octanol–water partition coefficient (Wildman–Crippen LogP) is 8.43. The third kappa shape index (κ3) is 3.96. The van der Waals surface area contributed by atoms with Crippen LogP contribution in [0.4, 0.5) is 0 Å². The number of para-hydroxylation sites is 1. The van der Waals surface area contributed by atoms with E-state index in [0.29, 0.717) is 11.8 Å². The number of hydrogen-bond acceptors (Lipinski definition) is 1. The van der Waals surface area contributed by atoms with Gasteiger partial charge < -0.3 is 0 Å². The molecule has 0 spiro atoms. The summed E-state index contributed by atoms with van der Waals surface area (Å²) in [7, 11) is 2.16. The van der Waals surface area contributed by atoms with E-state index >= 15 is 0 Å². The highest BCUT2D eigenvalue weighted by Crippen LogP contribution is 2.40. The van der Waals surface area contributed by atoms with Crippen molar-refractivity contribution >= 4 is 11.0 Å². The molecule has 0 amide bonds. The number of benzene rings is 4. The van der Waals surface area contributed by atoms with Crippen molar-refractivity contribution in [1.82, 2.24) is 14.1 Å². The molecule has 204 valence electrons. The van der Waals surface area contributed by atoms with E-state index in [2.05, 4.69) is 147 Å². The molecule has 0 radical (unpaired) electrons. The molecule has 4 heteroatoms. The van der Waals surface area contributed by atoms with Crippen LogP contribution in [0, 0.1) is 6.92 Å². The molecule has 0 aliphatic carbocycles. The Balaban J connectivity index is 1.50. The fourth-order valence-electron chi connectivity index (χ4n) is 6.60. The van der Waals surface area contributed by atoms with E-state index in [1.807, 2.05) is 0 Å². The van der Waals surface area contributed by atoms with E-state index in [1.165, 1.54) is 55.8 Å². The molecule has 2 aromatic heterocycles. The largest absolute Gasteiger partial charge is 0.296 e. The van der Waals surface area contributed by atoms with Gasteiger partial charge in [0.25, 0.3) is 5.82 Å². The Morgan fingerprint density at radius 1 is 0.805 bits per heavy atom. The van der Waals surface area contributed by atoms with E-state index in [4.69, 9.17) is 4.98 Å². The number of hydrogen-bond donors (Lipinski definition) is 0.